The Morgan fingerprint density at radius 1 is 1.38 bits per heavy atom. The number of amides is 1. The third-order valence-corrected chi connectivity index (χ3v) is 6.77. The Labute approximate surface area is 154 Å². The van der Waals surface area contributed by atoms with Gasteiger partial charge in [-0.25, -0.2) is 12.8 Å². The molecule has 1 saturated heterocycles. The Balaban J connectivity index is 1.53. The number of aromatic nitrogens is 2. The summed E-state index contributed by atoms with van der Waals surface area (Å²) in [5.41, 5.74) is 0.498. The molecule has 0 bridgehead atoms. The van der Waals surface area contributed by atoms with Gasteiger partial charge in [0.15, 0.2) is 9.84 Å². The van der Waals surface area contributed by atoms with Crippen molar-refractivity contribution in [2.75, 3.05) is 16.8 Å². The van der Waals surface area contributed by atoms with Gasteiger partial charge >= 0.3 is 0 Å². The first-order valence-electron chi connectivity index (χ1n) is 8.06. The molecule has 140 valence electrons. The van der Waals surface area contributed by atoms with Crippen molar-refractivity contribution in [2.24, 2.45) is 5.92 Å². The van der Waals surface area contributed by atoms with Crippen molar-refractivity contribution in [3.63, 3.8) is 0 Å². The molecule has 26 heavy (non-hydrogen) atoms. The highest BCUT2D eigenvalue weighted by Gasteiger charge is 2.29. The minimum absolute atomic E-state index is 0.00232. The van der Waals surface area contributed by atoms with Crippen molar-refractivity contribution in [1.29, 1.82) is 0 Å². The van der Waals surface area contributed by atoms with Crippen LogP contribution >= 0.6 is 11.8 Å². The van der Waals surface area contributed by atoms with E-state index >= 15 is 0 Å². The van der Waals surface area contributed by atoms with E-state index in [1.165, 1.54) is 24.3 Å². The summed E-state index contributed by atoms with van der Waals surface area (Å²) in [5, 5.41) is 10.3. The molecule has 2 atom stereocenters. The van der Waals surface area contributed by atoms with Crippen molar-refractivity contribution >= 4 is 33.2 Å². The number of carbonyl (C=O) groups excluding carboxylic acids is 1. The van der Waals surface area contributed by atoms with Crippen LogP contribution in [0.3, 0.4) is 0 Å². The van der Waals surface area contributed by atoms with E-state index in [2.05, 4.69) is 15.5 Å². The van der Waals surface area contributed by atoms with Gasteiger partial charge < -0.3 is 9.73 Å². The van der Waals surface area contributed by atoms with Crippen LogP contribution in [0.25, 0.3) is 0 Å². The third kappa shape index (κ3) is 5.04. The molecule has 1 aromatic carbocycles. The fourth-order valence-electron chi connectivity index (χ4n) is 2.63. The highest BCUT2D eigenvalue weighted by Crippen LogP contribution is 2.26. The van der Waals surface area contributed by atoms with E-state index in [0.717, 1.165) is 11.8 Å². The smallest absolute Gasteiger partial charge is 0.277 e. The molecule has 1 amide bonds. The minimum atomic E-state index is -2.94. The fourth-order valence-corrected chi connectivity index (χ4v) is 5.19. The van der Waals surface area contributed by atoms with Gasteiger partial charge in [0.05, 0.1) is 16.8 Å². The molecular formula is C16H18FN3O4S2. The number of sulfone groups is 1. The van der Waals surface area contributed by atoms with Crippen molar-refractivity contribution in [1.82, 2.24) is 10.2 Å². The molecule has 0 unspecified atom stereocenters. The van der Waals surface area contributed by atoms with Gasteiger partial charge in [0.25, 0.3) is 5.22 Å². The van der Waals surface area contributed by atoms with E-state index in [0.29, 0.717) is 24.4 Å². The van der Waals surface area contributed by atoms with Crippen LogP contribution in [0.4, 0.5) is 10.1 Å². The summed E-state index contributed by atoms with van der Waals surface area (Å²) in [6, 6.07) is 5.48. The molecule has 1 aromatic heterocycles. The lowest BCUT2D eigenvalue weighted by molar-refractivity contribution is -0.115. The maximum atomic E-state index is 12.9. The summed E-state index contributed by atoms with van der Waals surface area (Å²) in [6.07, 6.45) is 1.02. The van der Waals surface area contributed by atoms with Crippen LogP contribution in [0.1, 0.15) is 19.2 Å². The normalized spacial score (nSPS) is 20.0. The van der Waals surface area contributed by atoms with Crippen LogP contribution in [0.5, 0.6) is 0 Å². The number of hydrogen-bond donors (Lipinski definition) is 1. The molecule has 2 aromatic rings. The number of rotatable bonds is 6. The molecule has 1 aliphatic heterocycles. The Kier molecular flexibility index (Phi) is 5.61. The van der Waals surface area contributed by atoms with Gasteiger partial charge in [0.2, 0.25) is 11.8 Å². The summed E-state index contributed by atoms with van der Waals surface area (Å²) in [7, 11) is -2.94. The molecule has 7 nitrogen and oxygen atoms in total. The molecule has 0 spiro atoms. The van der Waals surface area contributed by atoms with Gasteiger partial charge in [0.1, 0.15) is 5.82 Å². The summed E-state index contributed by atoms with van der Waals surface area (Å²) in [4.78, 5) is 12.2. The zero-order valence-corrected chi connectivity index (χ0v) is 15.6. The topological polar surface area (TPSA) is 102 Å². The van der Waals surface area contributed by atoms with Crippen molar-refractivity contribution < 1.29 is 22.0 Å². The van der Waals surface area contributed by atoms with Crippen LogP contribution in [-0.4, -0.2) is 41.3 Å². The van der Waals surface area contributed by atoms with Crippen LogP contribution in [0, 0.1) is 11.7 Å². The largest absolute Gasteiger partial charge is 0.416 e. The average molecular weight is 399 g/mol. The quantitative estimate of drug-likeness (QED) is 0.744. The predicted octanol–water partition coefficient (Wildman–Crippen LogP) is 2.31. The second-order valence-electron chi connectivity index (χ2n) is 6.19. The van der Waals surface area contributed by atoms with E-state index in [1.807, 2.05) is 0 Å². The fraction of sp³-hybridized carbons (Fsp3) is 0.438. The second-order valence-corrected chi connectivity index (χ2v) is 9.71. The number of benzene rings is 1. The van der Waals surface area contributed by atoms with Crippen LogP contribution in [0.2, 0.25) is 0 Å². The van der Waals surface area contributed by atoms with Gasteiger partial charge in [0, 0.05) is 12.1 Å². The SMILES string of the molecule is C[C@@H](Sc1nnc(C[C@@H]2CCS(=O)(=O)C2)o1)C(=O)Nc1ccc(F)cc1. The number of hydrogen-bond acceptors (Lipinski definition) is 7. The van der Waals surface area contributed by atoms with Crippen molar-refractivity contribution in [2.45, 2.75) is 30.2 Å². The number of nitrogens with zero attached hydrogens (tertiary/aromatic N) is 2. The Morgan fingerprint density at radius 2 is 2.12 bits per heavy atom. The Bertz CT molecular complexity index is 883. The molecule has 0 radical (unpaired) electrons. The molecule has 1 N–H and O–H groups in total. The first-order valence-corrected chi connectivity index (χ1v) is 10.8. The number of anilines is 1. The lowest BCUT2D eigenvalue weighted by atomic mass is 10.1. The molecule has 1 aliphatic rings. The first kappa shape index (κ1) is 18.8. The molecule has 0 saturated carbocycles. The van der Waals surface area contributed by atoms with E-state index < -0.39 is 15.1 Å². The average Bonchev–Trinajstić information content (AvgIpc) is 3.15. The lowest BCUT2D eigenvalue weighted by Gasteiger charge is -2.09. The summed E-state index contributed by atoms with van der Waals surface area (Å²) in [6.45, 7) is 1.69. The van der Waals surface area contributed by atoms with Crippen LogP contribution < -0.4 is 5.32 Å². The summed E-state index contributed by atoms with van der Waals surface area (Å²) < 4.78 is 41.4. The van der Waals surface area contributed by atoms with Gasteiger partial charge in [-0.05, 0) is 43.5 Å². The maximum absolute atomic E-state index is 12.9. The zero-order chi connectivity index (χ0) is 18.7. The molecule has 3 rings (SSSR count). The summed E-state index contributed by atoms with van der Waals surface area (Å²) in [5.74, 6) is 0.0721. The van der Waals surface area contributed by atoms with E-state index in [-0.39, 0.29) is 34.4 Å². The summed E-state index contributed by atoms with van der Waals surface area (Å²) >= 11 is 1.11. The van der Waals surface area contributed by atoms with Gasteiger partial charge in [-0.2, -0.15) is 0 Å². The first-order chi connectivity index (χ1) is 12.3. The zero-order valence-electron chi connectivity index (χ0n) is 14.0. The molecular weight excluding hydrogens is 381 g/mol. The third-order valence-electron chi connectivity index (χ3n) is 4.00. The highest BCUT2D eigenvalue weighted by molar-refractivity contribution is 8.00. The molecule has 0 aliphatic carbocycles. The number of nitrogens with one attached hydrogen (secondary N) is 1. The van der Waals surface area contributed by atoms with Crippen molar-refractivity contribution in [3.05, 3.63) is 36.0 Å². The molecule has 10 heteroatoms. The number of halogens is 1. The second kappa shape index (κ2) is 7.75. The van der Waals surface area contributed by atoms with E-state index in [1.54, 1.807) is 6.92 Å². The van der Waals surface area contributed by atoms with E-state index in [9.17, 15) is 17.6 Å². The monoisotopic (exact) mass is 399 g/mol. The van der Waals surface area contributed by atoms with Gasteiger partial charge in [-0.15, -0.1) is 10.2 Å². The maximum Gasteiger partial charge on any atom is 0.277 e. The molecule has 2 heterocycles. The van der Waals surface area contributed by atoms with Gasteiger partial charge in [-0.3, -0.25) is 4.79 Å². The Morgan fingerprint density at radius 3 is 2.77 bits per heavy atom. The number of thioether (sulfide) groups is 1. The van der Waals surface area contributed by atoms with Gasteiger partial charge in [-0.1, -0.05) is 11.8 Å². The lowest BCUT2D eigenvalue weighted by Crippen LogP contribution is -2.22. The number of carbonyl (C=O) groups is 1. The minimum Gasteiger partial charge on any atom is -0.416 e. The van der Waals surface area contributed by atoms with Crippen LogP contribution in [0.15, 0.2) is 33.9 Å². The van der Waals surface area contributed by atoms with Crippen molar-refractivity contribution in [3.8, 4) is 0 Å². The Hall–Kier alpha value is -1.94. The highest BCUT2D eigenvalue weighted by atomic mass is 32.2. The predicted molar refractivity (Wildman–Crippen MR) is 95.1 cm³/mol. The van der Waals surface area contributed by atoms with E-state index in [4.69, 9.17) is 4.42 Å². The standard InChI is InChI=1S/C16H18FN3O4S2/c1-10(15(21)18-13-4-2-12(17)3-5-13)25-16-20-19-14(24-16)8-11-6-7-26(22,23)9-11/h2-5,10-11H,6-9H2,1H3,(H,18,21)/t10-,11+/m1/s1. The van der Waals surface area contributed by atoms with Crippen LogP contribution in [-0.2, 0) is 21.1 Å². The molecule has 1 fully saturated rings.